The van der Waals surface area contributed by atoms with Crippen LogP contribution in [-0.2, 0) is 0 Å². The molecule has 0 radical (unpaired) electrons. The van der Waals surface area contributed by atoms with Gasteiger partial charge in [0.05, 0.1) is 11.1 Å². The molecule has 2 aromatic carbocycles. The Morgan fingerprint density at radius 3 is 2.76 bits per heavy atom. The maximum atomic E-state index is 14.6. The summed E-state index contributed by atoms with van der Waals surface area (Å²) in [4.78, 5) is 27.8. The number of hydrogen-bond acceptors (Lipinski definition) is 6. The Balaban J connectivity index is 1.49. The quantitative estimate of drug-likeness (QED) is 0.498. The highest BCUT2D eigenvalue weighted by molar-refractivity contribution is 5.94. The number of nitrogens with zero attached hydrogens (tertiary/aromatic N) is 4. The van der Waals surface area contributed by atoms with Crippen molar-refractivity contribution in [1.82, 2.24) is 20.3 Å². The van der Waals surface area contributed by atoms with Crippen LogP contribution in [0.1, 0.15) is 22.3 Å². The van der Waals surface area contributed by atoms with Gasteiger partial charge in [-0.1, -0.05) is 12.1 Å². The van der Waals surface area contributed by atoms with Gasteiger partial charge in [0.25, 0.3) is 5.91 Å². The van der Waals surface area contributed by atoms with Crippen LogP contribution in [0.25, 0.3) is 22.3 Å². The van der Waals surface area contributed by atoms with Crippen LogP contribution >= 0.6 is 0 Å². The number of pyridine rings is 1. The fraction of sp³-hybridized carbons (Fsp3) is 0.200. The topological polar surface area (TPSA) is 91.2 Å². The monoisotopic (exact) mass is 443 g/mol. The zero-order valence-electron chi connectivity index (χ0n) is 18.0. The summed E-state index contributed by atoms with van der Waals surface area (Å²) in [6.45, 7) is 3.19. The first-order valence-corrected chi connectivity index (χ1v) is 10.7. The Morgan fingerprint density at radius 1 is 1.15 bits per heavy atom. The lowest BCUT2D eigenvalue weighted by atomic mass is 10.1. The number of halogens is 1. The first-order valence-electron chi connectivity index (χ1n) is 10.7. The van der Waals surface area contributed by atoms with Gasteiger partial charge in [-0.25, -0.2) is 14.4 Å². The van der Waals surface area contributed by atoms with Gasteiger partial charge in [-0.3, -0.25) is 9.78 Å². The Bertz CT molecular complexity index is 1330. The minimum atomic E-state index is -0.586. The Labute approximate surface area is 190 Å². The third kappa shape index (κ3) is 4.07. The predicted molar refractivity (Wildman–Crippen MR) is 124 cm³/mol. The van der Waals surface area contributed by atoms with Crippen molar-refractivity contribution >= 4 is 22.6 Å². The van der Waals surface area contributed by atoms with Crippen LogP contribution in [0.3, 0.4) is 0 Å². The smallest absolute Gasteiger partial charge is 0.251 e. The van der Waals surface area contributed by atoms with Gasteiger partial charge in [0.1, 0.15) is 17.4 Å². The number of anilines is 1. The minimum absolute atomic E-state index is 0.0242. The van der Waals surface area contributed by atoms with Crippen molar-refractivity contribution in [2.75, 3.05) is 18.0 Å². The molecule has 0 spiro atoms. The summed E-state index contributed by atoms with van der Waals surface area (Å²) < 4.78 is 14.6. The summed E-state index contributed by atoms with van der Waals surface area (Å²) in [7, 11) is 0. The van der Waals surface area contributed by atoms with Crippen molar-refractivity contribution in [3.63, 3.8) is 0 Å². The van der Waals surface area contributed by atoms with E-state index < -0.39 is 5.82 Å². The molecule has 1 atom stereocenters. The Hall–Kier alpha value is -4.07. The van der Waals surface area contributed by atoms with E-state index in [2.05, 4.69) is 25.2 Å². The number of carbonyl (C=O) groups is 1. The maximum absolute atomic E-state index is 14.6. The second-order valence-electron chi connectivity index (χ2n) is 8.17. The van der Waals surface area contributed by atoms with Gasteiger partial charge >= 0.3 is 0 Å². The van der Waals surface area contributed by atoms with E-state index >= 15 is 0 Å². The highest BCUT2D eigenvalue weighted by Crippen LogP contribution is 2.34. The zero-order valence-corrected chi connectivity index (χ0v) is 18.0. The molecule has 4 aromatic rings. The average molecular weight is 443 g/mol. The fourth-order valence-corrected chi connectivity index (χ4v) is 4.15. The summed E-state index contributed by atoms with van der Waals surface area (Å²) in [5.41, 5.74) is 2.22. The van der Waals surface area contributed by atoms with Crippen LogP contribution in [0.2, 0.25) is 0 Å². The van der Waals surface area contributed by atoms with Gasteiger partial charge in [0.2, 0.25) is 0 Å². The van der Waals surface area contributed by atoms with E-state index in [1.54, 1.807) is 24.5 Å². The van der Waals surface area contributed by atoms with Crippen LogP contribution in [-0.4, -0.2) is 45.1 Å². The molecule has 166 valence electrons. The van der Waals surface area contributed by atoms with E-state index in [1.165, 1.54) is 18.2 Å². The van der Waals surface area contributed by atoms with Crippen LogP contribution < -0.4 is 10.2 Å². The number of carbonyl (C=O) groups excluding carboxylic acids is 1. The molecule has 0 aliphatic carbocycles. The van der Waals surface area contributed by atoms with Gasteiger partial charge < -0.3 is 15.3 Å². The summed E-state index contributed by atoms with van der Waals surface area (Å²) in [5.74, 6) is -0.167. The molecule has 5 rings (SSSR count). The van der Waals surface area contributed by atoms with Crippen molar-refractivity contribution in [2.45, 2.75) is 19.4 Å². The largest absolute Gasteiger partial charge is 0.507 e. The lowest BCUT2D eigenvalue weighted by Gasteiger charge is -2.21. The number of benzene rings is 2. The predicted octanol–water partition coefficient (Wildman–Crippen LogP) is 3.85. The number of hydrogen-bond donors (Lipinski definition) is 2. The van der Waals surface area contributed by atoms with Gasteiger partial charge in [-0.15, -0.1) is 0 Å². The number of fused-ring (bicyclic) bond motifs is 1. The molecule has 2 aromatic heterocycles. The maximum Gasteiger partial charge on any atom is 0.251 e. The van der Waals surface area contributed by atoms with Crippen LogP contribution in [0.5, 0.6) is 5.75 Å². The first kappa shape index (κ1) is 20.8. The van der Waals surface area contributed by atoms with E-state index in [0.717, 1.165) is 17.4 Å². The molecule has 1 aliphatic heterocycles. The van der Waals surface area contributed by atoms with E-state index in [9.17, 15) is 14.3 Å². The number of rotatable bonds is 4. The van der Waals surface area contributed by atoms with Crippen molar-refractivity contribution in [2.24, 2.45) is 0 Å². The summed E-state index contributed by atoms with van der Waals surface area (Å²) in [6.07, 6.45) is 3.92. The third-order valence-corrected chi connectivity index (χ3v) is 5.81. The Kier molecular flexibility index (Phi) is 5.34. The van der Waals surface area contributed by atoms with Crippen molar-refractivity contribution in [3.8, 4) is 17.1 Å². The van der Waals surface area contributed by atoms with Crippen LogP contribution in [0.15, 0.2) is 60.9 Å². The van der Waals surface area contributed by atoms with Crippen LogP contribution in [0.4, 0.5) is 10.2 Å². The van der Waals surface area contributed by atoms with E-state index in [4.69, 9.17) is 0 Å². The molecule has 3 heterocycles. The molecule has 2 N–H and O–H groups in total. The number of aromatic hydroxyl groups is 1. The number of amides is 1. The van der Waals surface area contributed by atoms with E-state index in [1.807, 2.05) is 25.1 Å². The molecule has 1 amide bonds. The molecule has 8 heteroatoms. The molecule has 1 aliphatic rings. The lowest BCUT2D eigenvalue weighted by Crippen LogP contribution is -2.37. The number of aryl methyl sites for hydroxylation is 1. The molecule has 1 fully saturated rings. The van der Waals surface area contributed by atoms with Gasteiger partial charge in [-0.05, 0) is 55.3 Å². The number of phenols is 1. The normalized spacial score (nSPS) is 15.7. The second-order valence-corrected chi connectivity index (χ2v) is 8.17. The van der Waals surface area contributed by atoms with Gasteiger partial charge in [-0.2, -0.15) is 0 Å². The molecule has 1 unspecified atom stereocenters. The first-order chi connectivity index (χ1) is 16.0. The van der Waals surface area contributed by atoms with Crippen molar-refractivity contribution < 1.29 is 14.3 Å². The summed E-state index contributed by atoms with van der Waals surface area (Å²) in [5, 5.41) is 14.2. The SMILES string of the molecule is Cc1ccc2c(N3CCC(NC(=O)c4ccncc4)C3)nc(-c3c(O)cccc3F)nc2c1. The molecular formula is C25H22FN5O2. The van der Waals surface area contributed by atoms with E-state index in [0.29, 0.717) is 30.0 Å². The van der Waals surface area contributed by atoms with Gasteiger partial charge in [0.15, 0.2) is 5.82 Å². The van der Waals surface area contributed by atoms with Crippen molar-refractivity contribution in [1.29, 1.82) is 0 Å². The average Bonchev–Trinajstić information content (AvgIpc) is 3.27. The second kappa shape index (κ2) is 8.46. The zero-order chi connectivity index (χ0) is 22.9. The Morgan fingerprint density at radius 2 is 1.97 bits per heavy atom. The standard InChI is InChI=1S/C25H22FN5O2/c1-15-5-6-18-20(13-15)29-23(22-19(26)3-2-4-21(22)32)30-24(18)31-12-9-17(14-31)28-25(33)16-7-10-27-11-8-16/h2-8,10-11,13,17,32H,9,12,14H2,1H3,(H,28,33). The van der Waals surface area contributed by atoms with E-state index in [-0.39, 0.29) is 29.1 Å². The lowest BCUT2D eigenvalue weighted by molar-refractivity contribution is 0.0940. The highest BCUT2D eigenvalue weighted by atomic mass is 19.1. The molecule has 33 heavy (non-hydrogen) atoms. The summed E-state index contributed by atoms with van der Waals surface area (Å²) in [6, 6.07) is 13.3. The van der Waals surface area contributed by atoms with Crippen LogP contribution in [0, 0.1) is 12.7 Å². The van der Waals surface area contributed by atoms with Crippen molar-refractivity contribution in [3.05, 3.63) is 77.9 Å². The number of nitrogens with one attached hydrogen (secondary N) is 1. The molecule has 1 saturated heterocycles. The van der Waals surface area contributed by atoms with Gasteiger partial charge in [0, 0.05) is 42.5 Å². The fourth-order valence-electron chi connectivity index (χ4n) is 4.15. The third-order valence-electron chi connectivity index (χ3n) is 5.81. The molecule has 0 bridgehead atoms. The molecular weight excluding hydrogens is 421 g/mol. The minimum Gasteiger partial charge on any atom is -0.507 e. The molecule has 0 saturated carbocycles. The number of phenolic OH excluding ortho intramolecular Hbond substituents is 1. The number of aromatic nitrogens is 3. The highest BCUT2D eigenvalue weighted by Gasteiger charge is 2.28. The summed E-state index contributed by atoms with van der Waals surface area (Å²) >= 11 is 0. The molecule has 7 nitrogen and oxygen atoms in total.